The minimum absolute atomic E-state index is 0.0325. The van der Waals surface area contributed by atoms with Gasteiger partial charge in [-0.1, -0.05) is 35.6 Å². The van der Waals surface area contributed by atoms with Crippen molar-refractivity contribution in [3.8, 4) is 0 Å². The van der Waals surface area contributed by atoms with E-state index in [2.05, 4.69) is 24.0 Å². The highest BCUT2D eigenvalue weighted by atomic mass is 32.2. The topological polar surface area (TPSA) is 70.2 Å². The van der Waals surface area contributed by atoms with E-state index in [-0.39, 0.29) is 57.4 Å². The summed E-state index contributed by atoms with van der Waals surface area (Å²) in [5.41, 5.74) is 2.82. The van der Waals surface area contributed by atoms with Crippen molar-refractivity contribution in [3.63, 3.8) is 0 Å². The monoisotopic (exact) mass is 492 g/mol. The van der Waals surface area contributed by atoms with E-state index < -0.39 is 5.82 Å². The summed E-state index contributed by atoms with van der Waals surface area (Å²) in [6, 6.07) is 13.9. The first-order valence-corrected chi connectivity index (χ1v) is 13.2. The molecule has 7 rings (SSSR count). The minimum atomic E-state index is -0.397. The number of anilines is 1. The average molecular weight is 493 g/mol. The van der Waals surface area contributed by atoms with Gasteiger partial charge in [-0.05, 0) is 66.5 Å². The first-order chi connectivity index (χ1) is 16.4. The smallest absolute Gasteiger partial charge is 0.305 e. The first-order valence-electron chi connectivity index (χ1n) is 11.5. The second-order valence-corrected chi connectivity index (χ2v) is 12.0. The number of thioether (sulfide) groups is 1. The van der Waals surface area contributed by atoms with Crippen molar-refractivity contribution in [3.05, 3.63) is 80.0 Å². The number of H-pyrrole nitrogens is 1. The maximum Gasteiger partial charge on any atom is 0.305 e. The summed E-state index contributed by atoms with van der Waals surface area (Å²) in [4.78, 5) is 44.9. The largest absolute Gasteiger partial charge is 0.307 e. The molecule has 2 saturated carbocycles. The molecule has 0 unspecified atom stereocenters. The van der Waals surface area contributed by atoms with Crippen LogP contribution < -0.4 is 9.77 Å². The van der Waals surface area contributed by atoms with Crippen LogP contribution in [0.5, 0.6) is 0 Å². The molecule has 5 nitrogen and oxygen atoms in total. The molecule has 172 valence electrons. The Kier molecular flexibility index (Phi) is 4.34. The number of imide groups is 1. The molecule has 3 aromatic rings. The number of aromatic nitrogens is 1. The molecule has 0 radical (unpaired) electrons. The van der Waals surface area contributed by atoms with E-state index in [0.717, 1.165) is 16.3 Å². The molecule has 7 atom stereocenters. The summed E-state index contributed by atoms with van der Waals surface area (Å²) < 4.78 is 13.5. The van der Waals surface area contributed by atoms with Crippen molar-refractivity contribution in [1.82, 2.24) is 4.98 Å². The number of amides is 2. The van der Waals surface area contributed by atoms with E-state index >= 15 is 0 Å². The highest BCUT2D eigenvalue weighted by molar-refractivity contribution is 8.00. The summed E-state index contributed by atoms with van der Waals surface area (Å²) in [6.45, 7) is 2.09. The van der Waals surface area contributed by atoms with Crippen LogP contribution in [0.4, 0.5) is 10.1 Å². The lowest BCUT2D eigenvalue weighted by Gasteiger charge is -2.43. The fraction of sp³-hybridized carbons (Fsp3) is 0.346. The molecule has 4 aliphatic rings. The number of rotatable bonds is 2. The molecule has 1 N–H and O–H groups in total. The van der Waals surface area contributed by atoms with E-state index in [1.54, 1.807) is 11.8 Å². The van der Waals surface area contributed by atoms with Crippen LogP contribution in [-0.4, -0.2) is 22.0 Å². The van der Waals surface area contributed by atoms with E-state index in [1.165, 1.54) is 51.6 Å². The molecule has 34 heavy (non-hydrogen) atoms. The number of nitrogens with zero attached hydrogens (tertiary/aromatic N) is 1. The molecule has 3 fully saturated rings. The van der Waals surface area contributed by atoms with Crippen molar-refractivity contribution >= 4 is 40.6 Å². The van der Waals surface area contributed by atoms with Gasteiger partial charge in [0, 0.05) is 16.0 Å². The molecule has 2 aromatic carbocycles. The third kappa shape index (κ3) is 2.64. The molecule has 1 saturated heterocycles. The number of halogens is 1. The van der Waals surface area contributed by atoms with Crippen LogP contribution in [0.25, 0.3) is 0 Å². The molecule has 2 amide bonds. The van der Waals surface area contributed by atoms with Gasteiger partial charge >= 0.3 is 4.87 Å². The van der Waals surface area contributed by atoms with Crippen molar-refractivity contribution in [2.24, 2.45) is 29.6 Å². The lowest BCUT2D eigenvalue weighted by atomic mass is 9.67. The Morgan fingerprint density at radius 2 is 1.68 bits per heavy atom. The minimum Gasteiger partial charge on any atom is -0.307 e. The number of hydrogen-bond donors (Lipinski definition) is 1. The van der Waals surface area contributed by atoms with Crippen LogP contribution in [0, 0.1) is 42.3 Å². The third-order valence-corrected chi connectivity index (χ3v) is 10.9. The molecule has 2 aliphatic carbocycles. The Labute approximate surface area is 203 Å². The first kappa shape index (κ1) is 20.6. The van der Waals surface area contributed by atoms with E-state index in [1.807, 2.05) is 12.1 Å². The molecule has 2 bridgehead atoms. The number of aryl methyl sites for hydroxylation is 1. The summed E-state index contributed by atoms with van der Waals surface area (Å²) in [7, 11) is 0. The quantitative estimate of drug-likeness (QED) is 0.533. The van der Waals surface area contributed by atoms with Gasteiger partial charge in [0.05, 0.1) is 22.5 Å². The van der Waals surface area contributed by atoms with Crippen LogP contribution in [0.15, 0.2) is 58.4 Å². The van der Waals surface area contributed by atoms with Gasteiger partial charge in [-0.2, -0.15) is 0 Å². The molecule has 0 spiro atoms. The Morgan fingerprint density at radius 3 is 2.41 bits per heavy atom. The third-order valence-electron chi connectivity index (χ3n) is 8.33. The summed E-state index contributed by atoms with van der Waals surface area (Å²) in [5, 5.41) is 1.08. The molecule has 1 aromatic heterocycles. The number of nitrogens with one attached hydrogen (secondary N) is 1. The van der Waals surface area contributed by atoms with Crippen LogP contribution in [0.1, 0.15) is 28.3 Å². The number of benzene rings is 2. The number of thiazole rings is 1. The Balaban J connectivity index is 1.34. The van der Waals surface area contributed by atoms with Crippen molar-refractivity contribution in [2.45, 2.75) is 29.5 Å². The van der Waals surface area contributed by atoms with E-state index in [4.69, 9.17) is 0 Å². The van der Waals surface area contributed by atoms with Crippen LogP contribution in [-0.2, 0) is 9.59 Å². The average Bonchev–Trinajstić information content (AvgIpc) is 3.54. The summed E-state index contributed by atoms with van der Waals surface area (Å²) in [6.07, 6.45) is 0.855. The van der Waals surface area contributed by atoms with Crippen molar-refractivity contribution in [1.29, 1.82) is 0 Å². The molecule has 2 aliphatic heterocycles. The zero-order valence-electron chi connectivity index (χ0n) is 18.2. The second kappa shape index (κ2) is 7.15. The number of carbonyl (C=O) groups excluding carboxylic acids is 2. The second-order valence-electron chi connectivity index (χ2n) is 9.81. The lowest BCUT2D eigenvalue weighted by Crippen LogP contribution is -2.42. The Bertz CT molecular complexity index is 1410. The lowest BCUT2D eigenvalue weighted by molar-refractivity contribution is -0.123. The number of fused-ring (bicyclic) bond motifs is 9. The SMILES string of the molecule is Cc1ccccc1[C@H]1c2sc(=O)[nH]c2S[C@@H]2[C@@H]3C[C@@H]([C@@H]4C(=O)N(c5ccc(F)cc5)C(=O)[C@@H]34)[C@H]12. The highest BCUT2D eigenvalue weighted by Gasteiger charge is 2.69. The van der Waals surface area contributed by atoms with Gasteiger partial charge in [-0.3, -0.25) is 19.3 Å². The van der Waals surface area contributed by atoms with Crippen LogP contribution >= 0.6 is 23.1 Å². The maximum atomic E-state index is 13.7. The Hall–Kier alpha value is -2.71. The Morgan fingerprint density at radius 1 is 0.971 bits per heavy atom. The van der Waals surface area contributed by atoms with Gasteiger partial charge in [0.15, 0.2) is 0 Å². The molecular weight excluding hydrogens is 471 g/mol. The summed E-state index contributed by atoms with van der Waals surface area (Å²) in [5.74, 6) is -1.05. The summed E-state index contributed by atoms with van der Waals surface area (Å²) >= 11 is 2.96. The molecular formula is C26H21FN2O3S2. The highest BCUT2D eigenvalue weighted by Crippen LogP contribution is 2.68. The predicted molar refractivity (Wildman–Crippen MR) is 129 cm³/mol. The maximum absolute atomic E-state index is 13.7. The molecule has 8 heteroatoms. The van der Waals surface area contributed by atoms with Gasteiger partial charge in [-0.15, -0.1) is 11.8 Å². The zero-order valence-corrected chi connectivity index (χ0v) is 19.9. The van der Waals surface area contributed by atoms with Gasteiger partial charge in [-0.25, -0.2) is 4.39 Å². The fourth-order valence-corrected chi connectivity index (χ4v) is 10.0. The van der Waals surface area contributed by atoms with Gasteiger partial charge in [0.25, 0.3) is 0 Å². The number of carbonyl (C=O) groups is 2. The van der Waals surface area contributed by atoms with Gasteiger partial charge in [0.1, 0.15) is 5.82 Å². The van der Waals surface area contributed by atoms with E-state index in [9.17, 15) is 18.8 Å². The van der Waals surface area contributed by atoms with Crippen LogP contribution in [0.3, 0.4) is 0 Å². The predicted octanol–water partition coefficient (Wildman–Crippen LogP) is 4.56. The van der Waals surface area contributed by atoms with Crippen LogP contribution in [0.2, 0.25) is 0 Å². The van der Waals surface area contributed by atoms with E-state index in [0.29, 0.717) is 5.69 Å². The standard InChI is InChI=1S/C26H21FN2O3S2/c1-11-4-2-3-5-14(11)17-18-15-10-16(21(18)33-23-22(17)34-26(32)28-23)20-19(15)24(30)29(25(20)31)13-8-6-12(27)7-9-13/h2-9,15-21H,10H2,1H3,(H,28,32)/t15-,16-,17-,18-,19+,20+,21-/m1/s1. The fourth-order valence-electron chi connectivity index (χ4n) is 7.15. The van der Waals surface area contributed by atoms with Gasteiger partial charge in [0.2, 0.25) is 11.8 Å². The van der Waals surface area contributed by atoms with Gasteiger partial charge < -0.3 is 4.98 Å². The number of hydrogen-bond acceptors (Lipinski definition) is 5. The normalized spacial score (nSPS) is 33.2. The van der Waals surface area contributed by atoms with Crippen molar-refractivity contribution < 1.29 is 14.0 Å². The zero-order chi connectivity index (χ0) is 23.3. The molecule has 3 heterocycles. The van der Waals surface area contributed by atoms with Crippen molar-refractivity contribution in [2.75, 3.05) is 4.90 Å². The number of aromatic amines is 1.